The van der Waals surface area contributed by atoms with Gasteiger partial charge in [-0.05, 0) is 59.8 Å². The first-order valence-corrected chi connectivity index (χ1v) is 12.5. The average molecular weight is 515 g/mol. The normalized spacial score (nSPS) is 14.9. The minimum absolute atomic E-state index is 0.0764. The van der Waals surface area contributed by atoms with E-state index in [2.05, 4.69) is 6.58 Å². The predicted molar refractivity (Wildman–Crippen MR) is 137 cm³/mol. The number of carbonyl (C=O) groups excluding carboxylic acids is 2. The van der Waals surface area contributed by atoms with Crippen molar-refractivity contribution in [3.63, 3.8) is 0 Å². The lowest BCUT2D eigenvalue weighted by molar-refractivity contribution is -0.135. The van der Waals surface area contributed by atoms with Gasteiger partial charge >= 0.3 is 0 Å². The van der Waals surface area contributed by atoms with Gasteiger partial charge in [0.1, 0.15) is 18.9 Å². The lowest BCUT2D eigenvalue weighted by atomic mass is 10.0. The molecule has 8 heteroatoms. The van der Waals surface area contributed by atoms with E-state index in [9.17, 15) is 9.59 Å². The Kier molecular flexibility index (Phi) is 7.93. The Bertz CT molecular complexity index is 1180. The monoisotopic (exact) mass is 514 g/mol. The van der Waals surface area contributed by atoms with Crippen LogP contribution in [0.2, 0.25) is 10.0 Å². The maximum Gasteiger partial charge on any atom is 0.256 e. The molecule has 0 bridgehead atoms. The summed E-state index contributed by atoms with van der Waals surface area (Å²) in [6.07, 6.45) is 2.38. The van der Waals surface area contributed by atoms with Crippen LogP contribution in [0.4, 0.5) is 0 Å². The highest BCUT2D eigenvalue weighted by Crippen LogP contribution is 2.34. The Balaban J connectivity index is 1.53. The standard InChI is InChI=1S/C26H24Cl2N2O3S/c1-2-13-29(26(32)20-5-3-4-6-22(20)28)16-25(31)30-14-11-24-21(12-15-34-24)23(30)17-33-19-9-7-18(27)8-10-19/h2-10,12,15,23H,1,11,13-14,16-17H2/t23-/m1/s1. The largest absolute Gasteiger partial charge is 0.491 e. The van der Waals surface area contributed by atoms with E-state index in [0.29, 0.717) is 34.5 Å². The first kappa shape index (κ1) is 24.3. The molecule has 4 rings (SSSR count). The van der Waals surface area contributed by atoms with Crippen molar-refractivity contribution in [2.75, 3.05) is 26.2 Å². The molecule has 1 atom stereocenters. The SMILES string of the molecule is C=CCN(CC(=O)N1CCc2sccc2[C@H]1COc1ccc(Cl)cc1)C(=O)c1ccccc1Cl. The van der Waals surface area contributed by atoms with E-state index in [0.717, 1.165) is 12.0 Å². The number of benzene rings is 2. The molecule has 1 aliphatic heterocycles. The van der Waals surface area contributed by atoms with Crippen LogP contribution in [0.25, 0.3) is 0 Å². The van der Waals surface area contributed by atoms with Crippen LogP contribution in [0, 0.1) is 0 Å². The van der Waals surface area contributed by atoms with Gasteiger partial charge in [-0.3, -0.25) is 9.59 Å². The predicted octanol–water partition coefficient (Wildman–Crippen LogP) is 5.89. The molecular weight excluding hydrogens is 491 g/mol. The fourth-order valence-corrected chi connectivity index (χ4v) is 5.29. The number of thiophene rings is 1. The van der Waals surface area contributed by atoms with Crippen molar-refractivity contribution in [3.05, 3.63) is 98.7 Å². The summed E-state index contributed by atoms with van der Waals surface area (Å²) in [5.74, 6) is 0.228. The molecule has 2 aromatic carbocycles. The molecule has 0 spiro atoms. The molecule has 2 heterocycles. The molecule has 0 saturated heterocycles. The zero-order chi connectivity index (χ0) is 24.1. The van der Waals surface area contributed by atoms with Gasteiger partial charge in [0.25, 0.3) is 5.91 Å². The van der Waals surface area contributed by atoms with Gasteiger partial charge in [0.15, 0.2) is 0 Å². The number of nitrogens with zero attached hydrogens (tertiary/aromatic N) is 2. The second-order valence-corrected chi connectivity index (χ2v) is 9.72. The number of halogens is 2. The van der Waals surface area contributed by atoms with E-state index in [1.165, 1.54) is 9.78 Å². The van der Waals surface area contributed by atoms with Gasteiger partial charge in [-0.15, -0.1) is 17.9 Å². The van der Waals surface area contributed by atoms with Crippen LogP contribution >= 0.6 is 34.5 Å². The Morgan fingerprint density at radius 1 is 1.15 bits per heavy atom. The van der Waals surface area contributed by atoms with Crippen LogP contribution in [0.5, 0.6) is 5.75 Å². The van der Waals surface area contributed by atoms with Crippen LogP contribution in [0.15, 0.2) is 72.6 Å². The fraction of sp³-hybridized carbons (Fsp3) is 0.231. The van der Waals surface area contributed by atoms with E-state index in [-0.39, 0.29) is 30.9 Å². The molecule has 0 radical (unpaired) electrons. The molecule has 0 aliphatic carbocycles. The molecule has 2 amide bonds. The highest BCUT2D eigenvalue weighted by atomic mass is 35.5. The Labute approximate surface area is 213 Å². The van der Waals surface area contributed by atoms with E-state index in [1.807, 2.05) is 11.4 Å². The molecule has 0 N–H and O–H groups in total. The number of hydrogen-bond acceptors (Lipinski definition) is 4. The summed E-state index contributed by atoms with van der Waals surface area (Å²) in [4.78, 5) is 31.2. The number of carbonyl (C=O) groups is 2. The zero-order valence-electron chi connectivity index (χ0n) is 18.5. The molecule has 3 aromatic rings. The number of fused-ring (bicyclic) bond motifs is 1. The molecule has 176 valence electrons. The molecule has 1 aromatic heterocycles. The Hall–Kier alpha value is -2.80. The molecule has 0 fully saturated rings. The second-order valence-electron chi connectivity index (χ2n) is 7.87. The third-order valence-corrected chi connectivity index (χ3v) is 7.28. The minimum atomic E-state index is -0.305. The number of amides is 2. The van der Waals surface area contributed by atoms with E-state index in [4.69, 9.17) is 27.9 Å². The number of hydrogen-bond donors (Lipinski definition) is 0. The van der Waals surface area contributed by atoms with Gasteiger partial charge in [0.2, 0.25) is 5.91 Å². The fourth-order valence-electron chi connectivity index (χ4n) is 4.01. The summed E-state index contributed by atoms with van der Waals surface area (Å²) in [6.45, 7) is 4.77. The molecule has 34 heavy (non-hydrogen) atoms. The van der Waals surface area contributed by atoms with Crippen molar-refractivity contribution in [1.29, 1.82) is 0 Å². The molecule has 0 unspecified atom stereocenters. The summed E-state index contributed by atoms with van der Waals surface area (Å²) in [5, 5.41) is 3.02. The second kappa shape index (κ2) is 11.1. The van der Waals surface area contributed by atoms with Gasteiger partial charge in [0, 0.05) is 23.0 Å². The van der Waals surface area contributed by atoms with Crippen LogP contribution in [0.1, 0.15) is 26.8 Å². The molecule has 1 aliphatic rings. The summed E-state index contributed by atoms with van der Waals surface area (Å²) in [6, 6.07) is 15.8. The zero-order valence-corrected chi connectivity index (χ0v) is 20.8. The summed E-state index contributed by atoms with van der Waals surface area (Å²) < 4.78 is 6.03. The summed E-state index contributed by atoms with van der Waals surface area (Å²) >= 11 is 13.9. The van der Waals surface area contributed by atoms with Crippen LogP contribution in [-0.4, -0.2) is 47.9 Å². The maximum absolute atomic E-state index is 13.5. The van der Waals surface area contributed by atoms with Crippen molar-refractivity contribution < 1.29 is 14.3 Å². The van der Waals surface area contributed by atoms with Gasteiger partial charge in [0.05, 0.1) is 16.6 Å². The highest BCUT2D eigenvalue weighted by Gasteiger charge is 2.33. The van der Waals surface area contributed by atoms with Crippen molar-refractivity contribution >= 4 is 46.4 Å². The van der Waals surface area contributed by atoms with Crippen molar-refractivity contribution in [3.8, 4) is 5.75 Å². The quantitative estimate of drug-likeness (QED) is 0.352. The maximum atomic E-state index is 13.5. The third-order valence-electron chi connectivity index (χ3n) is 5.70. The molecular formula is C26H24Cl2N2O3S. The van der Waals surface area contributed by atoms with Crippen LogP contribution in [0.3, 0.4) is 0 Å². The Morgan fingerprint density at radius 3 is 2.65 bits per heavy atom. The topological polar surface area (TPSA) is 49.9 Å². The van der Waals surface area contributed by atoms with Crippen molar-refractivity contribution in [1.82, 2.24) is 9.80 Å². The molecule has 5 nitrogen and oxygen atoms in total. The smallest absolute Gasteiger partial charge is 0.256 e. The molecule has 0 saturated carbocycles. The summed E-state index contributed by atoms with van der Waals surface area (Å²) in [5.41, 5.74) is 1.45. The lowest BCUT2D eigenvalue weighted by Gasteiger charge is -2.37. The average Bonchev–Trinajstić information content (AvgIpc) is 3.32. The number of rotatable bonds is 8. The van der Waals surface area contributed by atoms with Crippen molar-refractivity contribution in [2.45, 2.75) is 12.5 Å². The van der Waals surface area contributed by atoms with E-state index < -0.39 is 0 Å². The minimum Gasteiger partial charge on any atom is -0.491 e. The van der Waals surface area contributed by atoms with Gasteiger partial charge < -0.3 is 14.5 Å². The third kappa shape index (κ3) is 5.46. The van der Waals surface area contributed by atoms with Crippen LogP contribution in [-0.2, 0) is 11.2 Å². The van der Waals surface area contributed by atoms with Crippen molar-refractivity contribution in [2.24, 2.45) is 0 Å². The Morgan fingerprint density at radius 2 is 1.91 bits per heavy atom. The summed E-state index contributed by atoms with van der Waals surface area (Å²) in [7, 11) is 0. The lowest BCUT2D eigenvalue weighted by Crippen LogP contribution is -2.47. The first-order chi connectivity index (χ1) is 16.5. The van der Waals surface area contributed by atoms with Gasteiger partial charge in [-0.25, -0.2) is 0 Å². The van der Waals surface area contributed by atoms with Gasteiger partial charge in [-0.1, -0.05) is 41.4 Å². The first-order valence-electron chi connectivity index (χ1n) is 10.9. The van der Waals surface area contributed by atoms with Crippen LogP contribution < -0.4 is 4.74 Å². The highest BCUT2D eigenvalue weighted by molar-refractivity contribution is 7.10. The number of ether oxygens (including phenoxy) is 1. The van der Waals surface area contributed by atoms with Gasteiger partial charge in [-0.2, -0.15) is 0 Å². The van der Waals surface area contributed by atoms with E-state index >= 15 is 0 Å². The van der Waals surface area contributed by atoms with E-state index in [1.54, 1.807) is 70.8 Å².